The van der Waals surface area contributed by atoms with E-state index in [1.165, 1.54) is 12.8 Å². The highest BCUT2D eigenvalue weighted by molar-refractivity contribution is 5.78. The number of aromatic nitrogens is 2. The normalized spacial score (nSPS) is 14.4. The molecule has 0 saturated heterocycles. The van der Waals surface area contributed by atoms with Crippen molar-refractivity contribution in [1.29, 1.82) is 0 Å². The van der Waals surface area contributed by atoms with Gasteiger partial charge in [-0.05, 0) is 44.7 Å². The molecule has 1 heterocycles. The number of fused-ring (bicyclic) bond motifs is 1. The number of H-pyrrole nitrogens is 1. The van der Waals surface area contributed by atoms with Crippen molar-refractivity contribution >= 4 is 16.8 Å². The Morgan fingerprint density at radius 1 is 1.32 bits per heavy atom. The van der Waals surface area contributed by atoms with E-state index < -0.39 is 0 Å². The van der Waals surface area contributed by atoms with Crippen LogP contribution in [-0.4, -0.2) is 51.9 Å². The van der Waals surface area contributed by atoms with Crippen molar-refractivity contribution < 1.29 is 4.79 Å². The van der Waals surface area contributed by atoms with Gasteiger partial charge in [-0.2, -0.15) is 0 Å². The van der Waals surface area contributed by atoms with Crippen molar-refractivity contribution in [3.8, 4) is 0 Å². The zero-order valence-electron chi connectivity index (χ0n) is 15.2. The van der Waals surface area contributed by atoms with Crippen molar-refractivity contribution in [2.24, 2.45) is 5.92 Å². The van der Waals surface area contributed by atoms with E-state index in [1.54, 1.807) is 6.07 Å². The van der Waals surface area contributed by atoms with E-state index in [9.17, 15) is 9.59 Å². The van der Waals surface area contributed by atoms with E-state index in [1.807, 2.05) is 48.9 Å². The number of hydrogen-bond donors (Lipinski definition) is 1. The minimum atomic E-state index is -0.138. The fraction of sp³-hybridized carbons (Fsp3) is 0.526. The van der Waals surface area contributed by atoms with Gasteiger partial charge >= 0.3 is 0 Å². The lowest BCUT2D eigenvalue weighted by atomic mass is 10.2. The number of nitrogens with one attached hydrogen (secondary N) is 1. The van der Waals surface area contributed by atoms with Crippen molar-refractivity contribution in [2.45, 2.75) is 39.3 Å². The lowest BCUT2D eigenvalue weighted by molar-refractivity contribution is -0.132. The Morgan fingerprint density at radius 2 is 2.04 bits per heavy atom. The van der Waals surface area contributed by atoms with Gasteiger partial charge in [0.2, 0.25) is 5.91 Å². The van der Waals surface area contributed by atoms with E-state index >= 15 is 0 Å². The van der Waals surface area contributed by atoms with Crippen LogP contribution in [0.4, 0.5) is 0 Å². The van der Waals surface area contributed by atoms with Gasteiger partial charge in [-0.1, -0.05) is 12.1 Å². The largest absolute Gasteiger partial charge is 0.344 e. The average Bonchev–Trinajstić information content (AvgIpc) is 3.38. The van der Waals surface area contributed by atoms with Gasteiger partial charge in [0.1, 0.15) is 5.82 Å². The van der Waals surface area contributed by atoms with Crippen LogP contribution in [0.5, 0.6) is 0 Å². The number of hydrogen-bond acceptors (Lipinski definition) is 4. The second kappa shape index (κ2) is 7.35. The maximum Gasteiger partial charge on any atom is 0.258 e. The molecular formula is C19H26N4O2. The quantitative estimate of drug-likeness (QED) is 0.836. The van der Waals surface area contributed by atoms with Gasteiger partial charge in [0.15, 0.2) is 0 Å². The molecule has 1 aliphatic rings. The molecule has 0 bridgehead atoms. The fourth-order valence-electron chi connectivity index (χ4n) is 2.91. The SMILES string of the molecule is CC(C)N(CC(=O)N(C)CC1CC1)Cc1nc2ccccc2c(=O)[nH]1. The number of amides is 1. The lowest BCUT2D eigenvalue weighted by Gasteiger charge is -2.27. The molecule has 1 amide bonds. The molecule has 3 rings (SSSR count). The molecule has 25 heavy (non-hydrogen) atoms. The predicted molar refractivity (Wildman–Crippen MR) is 98.3 cm³/mol. The number of benzene rings is 1. The summed E-state index contributed by atoms with van der Waals surface area (Å²) in [6.45, 7) is 5.72. The summed E-state index contributed by atoms with van der Waals surface area (Å²) in [7, 11) is 1.87. The van der Waals surface area contributed by atoms with E-state index in [0.29, 0.717) is 35.7 Å². The Kier molecular flexibility index (Phi) is 5.18. The van der Waals surface area contributed by atoms with Crippen LogP contribution in [0.1, 0.15) is 32.5 Å². The number of rotatable bonds is 7. The molecule has 0 atom stereocenters. The molecule has 1 N–H and O–H groups in total. The number of likely N-dealkylation sites (N-methyl/N-ethyl adjacent to an activating group) is 1. The lowest BCUT2D eigenvalue weighted by Crippen LogP contribution is -2.42. The number of nitrogens with zero attached hydrogens (tertiary/aromatic N) is 3. The minimum Gasteiger partial charge on any atom is -0.344 e. The fourth-order valence-corrected chi connectivity index (χ4v) is 2.91. The van der Waals surface area contributed by atoms with Crippen LogP contribution in [0, 0.1) is 5.92 Å². The third kappa shape index (κ3) is 4.45. The van der Waals surface area contributed by atoms with Crippen molar-refractivity contribution in [2.75, 3.05) is 20.1 Å². The van der Waals surface area contributed by atoms with Crippen molar-refractivity contribution in [3.63, 3.8) is 0 Å². The van der Waals surface area contributed by atoms with E-state index in [4.69, 9.17) is 0 Å². The monoisotopic (exact) mass is 342 g/mol. The minimum absolute atomic E-state index is 0.115. The molecule has 0 spiro atoms. The van der Waals surface area contributed by atoms with Gasteiger partial charge in [0, 0.05) is 19.6 Å². The Bertz CT molecular complexity index is 810. The van der Waals surface area contributed by atoms with Gasteiger partial charge in [-0.25, -0.2) is 4.98 Å². The van der Waals surface area contributed by atoms with E-state index in [2.05, 4.69) is 9.97 Å². The van der Waals surface area contributed by atoms with Crippen LogP contribution >= 0.6 is 0 Å². The van der Waals surface area contributed by atoms with Gasteiger partial charge in [-0.15, -0.1) is 0 Å². The molecule has 0 unspecified atom stereocenters. The molecule has 1 aromatic heterocycles. The van der Waals surface area contributed by atoms with Crippen molar-refractivity contribution in [1.82, 2.24) is 19.8 Å². The highest BCUT2D eigenvalue weighted by Gasteiger charge is 2.26. The molecule has 1 aromatic carbocycles. The predicted octanol–water partition coefficient (Wildman–Crippen LogP) is 2.00. The zero-order chi connectivity index (χ0) is 18.0. The number of carbonyl (C=O) groups is 1. The highest BCUT2D eigenvalue weighted by Crippen LogP contribution is 2.29. The second-order valence-electron chi connectivity index (χ2n) is 7.25. The molecule has 1 aliphatic carbocycles. The summed E-state index contributed by atoms with van der Waals surface area (Å²) in [5.74, 6) is 1.39. The zero-order valence-corrected chi connectivity index (χ0v) is 15.2. The van der Waals surface area contributed by atoms with Gasteiger partial charge in [-0.3, -0.25) is 14.5 Å². The first-order valence-electron chi connectivity index (χ1n) is 8.90. The summed E-state index contributed by atoms with van der Waals surface area (Å²) in [5.41, 5.74) is 0.545. The summed E-state index contributed by atoms with van der Waals surface area (Å²) >= 11 is 0. The van der Waals surface area contributed by atoms with Gasteiger partial charge in [0.25, 0.3) is 5.56 Å². The van der Waals surface area contributed by atoms with Crippen LogP contribution in [0.2, 0.25) is 0 Å². The molecule has 1 fully saturated rings. The Labute approximate surface area is 147 Å². The Morgan fingerprint density at radius 3 is 2.72 bits per heavy atom. The molecule has 2 aromatic rings. The first-order valence-corrected chi connectivity index (χ1v) is 8.90. The number of aromatic amines is 1. The number of carbonyl (C=O) groups excluding carboxylic acids is 1. The second-order valence-corrected chi connectivity index (χ2v) is 7.25. The van der Waals surface area contributed by atoms with Crippen LogP contribution < -0.4 is 5.56 Å². The van der Waals surface area contributed by atoms with Crippen LogP contribution in [0.3, 0.4) is 0 Å². The van der Waals surface area contributed by atoms with E-state index in [0.717, 1.165) is 6.54 Å². The first kappa shape index (κ1) is 17.6. The summed E-state index contributed by atoms with van der Waals surface area (Å²) in [5, 5.41) is 0.586. The smallest absolute Gasteiger partial charge is 0.258 e. The third-order valence-electron chi connectivity index (χ3n) is 4.74. The Balaban J connectivity index is 1.73. The molecule has 6 heteroatoms. The Hall–Kier alpha value is -2.21. The molecule has 6 nitrogen and oxygen atoms in total. The molecule has 0 radical (unpaired) electrons. The highest BCUT2D eigenvalue weighted by atomic mass is 16.2. The van der Waals surface area contributed by atoms with Crippen molar-refractivity contribution in [3.05, 3.63) is 40.4 Å². The maximum atomic E-state index is 12.5. The van der Waals surface area contributed by atoms with Crippen LogP contribution in [0.15, 0.2) is 29.1 Å². The first-order chi connectivity index (χ1) is 11.9. The van der Waals surface area contributed by atoms with Crippen LogP contribution in [0.25, 0.3) is 10.9 Å². The standard InChI is InChI=1S/C19H26N4O2/c1-13(2)23(12-18(24)22(3)10-14-8-9-14)11-17-20-16-7-5-4-6-15(16)19(25)21-17/h4-7,13-14H,8-12H2,1-3H3,(H,20,21,25). The summed E-state index contributed by atoms with van der Waals surface area (Å²) in [6, 6.07) is 7.47. The number of para-hydroxylation sites is 1. The molecule has 0 aliphatic heterocycles. The van der Waals surface area contributed by atoms with E-state index in [-0.39, 0.29) is 17.5 Å². The average molecular weight is 342 g/mol. The van der Waals surface area contributed by atoms with Gasteiger partial charge < -0.3 is 9.88 Å². The summed E-state index contributed by atoms with van der Waals surface area (Å²) in [4.78, 5) is 36.0. The molecule has 1 saturated carbocycles. The molecular weight excluding hydrogens is 316 g/mol. The molecule has 134 valence electrons. The topological polar surface area (TPSA) is 69.3 Å². The van der Waals surface area contributed by atoms with Crippen LogP contribution in [-0.2, 0) is 11.3 Å². The maximum absolute atomic E-state index is 12.5. The summed E-state index contributed by atoms with van der Waals surface area (Å²) < 4.78 is 0. The third-order valence-corrected chi connectivity index (χ3v) is 4.74. The van der Waals surface area contributed by atoms with Gasteiger partial charge in [0.05, 0.1) is 24.0 Å². The summed E-state index contributed by atoms with van der Waals surface area (Å²) in [6.07, 6.45) is 2.46.